The lowest BCUT2D eigenvalue weighted by Gasteiger charge is -2.08. The molecule has 6 heteroatoms. The maximum Gasteiger partial charge on any atom is 0.224 e. The van der Waals surface area contributed by atoms with Crippen LogP contribution >= 0.6 is 12.4 Å². The number of para-hydroxylation sites is 2. The van der Waals surface area contributed by atoms with E-state index in [9.17, 15) is 4.79 Å². The first-order valence-electron chi connectivity index (χ1n) is 9.17. The van der Waals surface area contributed by atoms with Crippen molar-refractivity contribution in [3.8, 4) is 0 Å². The molecule has 0 bridgehead atoms. The summed E-state index contributed by atoms with van der Waals surface area (Å²) in [4.78, 5) is 12.3. The van der Waals surface area contributed by atoms with Gasteiger partial charge in [0, 0.05) is 12.1 Å². The van der Waals surface area contributed by atoms with E-state index in [0.29, 0.717) is 24.2 Å². The number of nitrogens with zero attached hydrogens (tertiary/aromatic N) is 2. The van der Waals surface area contributed by atoms with E-state index in [1.54, 1.807) is 6.07 Å². The van der Waals surface area contributed by atoms with Gasteiger partial charge in [0.25, 0.3) is 0 Å². The van der Waals surface area contributed by atoms with Crippen LogP contribution in [0.4, 0.5) is 11.4 Å². The number of carbonyl (C=O) groups excluding carboxylic acids is 1. The average molecular weight is 399 g/mol. The predicted molar refractivity (Wildman–Crippen MR) is 117 cm³/mol. The minimum absolute atomic E-state index is 0. The minimum Gasteiger partial charge on any atom is -0.397 e. The number of nitrogen functional groups attached to an aromatic ring is 1. The third-order valence-electron chi connectivity index (χ3n) is 4.82. The molecule has 0 aliphatic heterocycles. The van der Waals surface area contributed by atoms with Crippen molar-refractivity contribution in [3.63, 3.8) is 0 Å². The molecule has 148 valence electrons. The largest absolute Gasteiger partial charge is 0.397 e. The number of halogens is 1. The van der Waals surface area contributed by atoms with E-state index in [0.717, 1.165) is 23.5 Å². The summed E-state index contributed by atoms with van der Waals surface area (Å²) in [5.41, 5.74) is 12.8. The molecule has 0 unspecified atom stereocenters. The maximum atomic E-state index is 12.3. The summed E-state index contributed by atoms with van der Waals surface area (Å²) < 4.78 is 2.02. The number of rotatable bonds is 6. The zero-order valence-corrected chi connectivity index (χ0v) is 17.3. The van der Waals surface area contributed by atoms with Crippen molar-refractivity contribution in [2.24, 2.45) is 0 Å². The number of aryl methyl sites for hydroxylation is 2. The number of benzene rings is 2. The second-order valence-electron chi connectivity index (χ2n) is 6.93. The second kappa shape index (κ2) is 9.42. The molecule has 0 radical (unpaired) electrons. The molecule has 0 spiro atoms. The van der Waals surface area contributed by atoms with Crippen molar-refractivity contribution >= 4 is 29.7 Å². The van der Waals surface area contributed by atoms with Crippen LogP contribution in [0.3, 0.4) is 0 Å². The SMILES string of the molecule is Cc1ccc(Cn2nc(C)c(CCC(=O)Nc3ccccc3N)c2C)cc1.Cl. The van der Waals surface area contributed by atoms with Crippen molar-refractivity contribution < 1.29 is 4.79 Å². The van der Waals surface area contributed by atoms with Crippen LogP contribution in [0.2, 0.25) is 0 Å². The van der Waals surface area contributed by atoms with Gasteiger partial charge in [-0.2, -0.15) is 5.10 Å². The summed E-state index contributed by atoms with van der Waals surface area (Å²) in [5.74, 6) is -0.0435. The van der Waals surface area contributed by atoms with Crippen molar-refractivity contribution in [3.05, 3.63) is 76.6 Å². The van der Waals surface area contributed by atoms with Crippen LogP contribution in [0.1, 0.15) is 34.5 Å². The minimum atomic E-state index is -0.0435. The highest BCUT2D eigenvalue weighted by Gasteiger charge is 2.14. The quantitative estimate of drug-likeness (QED) is 0.603. The molecule has 1 amide bonds. The van der Waals surface area contributed by atoms with Gasteiger partial charge < -0.3 is 11.1 Å². The van der Waals surface area contributed by atoms with Gasteiger partial charge in [-0.25, -0.2) is 0 Å². The summed E-state index contributed by atoms with van der Waals surface area (Å²) in [6, 6.07) is 15.8. The molecule has 0 aliphatic rings. The average Bonchev–Trinajstić information content (AvgIpc) is 2.90. The zero-order valence-electron chi connectivity index (χ0n) is 16.5. The molecule has 0 aliphatic carbocycles. The maximum absolute atomic E-state index is 12.3. The Bertz CT molecular complexity index is 948. The van der Waals surface area contributed by atoms with E-state index in [1.165, 1.54) is 11.1 Å². The molecule has 3 aromatic rings. The molecule has 0 saturated carbocycles. The molecule has 3 N–H and O–H groups in total. The van der Waals surface area contributed by atoms with E-state index in [2.05, 4.69) is 48.5 Å². The first kappa shape index (κ1) is 21.5. The van der Waals surface area contributed by atoms with Crippen molar-refractivity contribution in [1.29, 1.82) is 0 Å². The third-order valence-corrected chi connectivity index (χ3v) is 4.82. The first-order chi connectivity index (χ1) is 12.9. The fourth-order valence-electron chi connectivity index (χ4n) is 3.18. The fourth-order valence-corrected chi connectivity index (χ4v) is 3.18. The molecule has 0 fully saturated rings. The highest BCUT2D eigenvalue weighted by Crippen LogP contribution is 2.19. The van der Waals surface area contributed by atoms with Crippen LogP contribution in [0.5, 0.6) is 0 Å². The van der Waals surface area contributed by atoms with E-state index in [-0.39, 0.29) is 18.3 Å². The first-order valence-corrected chi connectivity index (χ1v) is 9.17. The molecule has 2 aromatic carbocycles. The standard InChI is InChI=1S/C22H26N4O.ClH/c1-15-8-10-18(11-9-15)14-26-17(3)19(16(2)25-26)12-13-22(27)24-21-7-5-4-6-20(21)23;/h4-11H,12-14,23H2,1-3H3,(H,24,27);1H. The molecular weight excluding hydrogens is 372 g/mol. The Balaban J connectivity index is 0.00000280. The lowest BCUT2D eigenvalue weighted by Crippen LogP contribution is -2.14. The monoisotopic (exact) mass is 398 g/mol. The number of amides is 1. The van der Waals surface area contributed by atoms with Gasteiger partial charge in [0.05, 0.1) is 23.6 Å². The Labute approximate surface area is 172 Å². The fraction of sp³-hybridized carbons (Fsp3) is 0.273. The number of nitrogens with two attached hydrogens (primary N) is 1. The molecule has 1 heterocycles. The van der Waals surface area contributed by atoms with Crippen LogP contribution in [0.25, 0.3) is 0 Å². The molecule has 28 heavy (non-hydrogen) atoms. The van der Waals surface area contributed by atoms with E-state index < -0.39 is 0 Å². The van der Waals surface area contributed by atoms with Gasteiger partial charge in [0.1, 0.15) is 0 Å². The van der Waals surface area contributed by atoms with Crippen LogP contribution < -0.4 is 11.1 Å². The highest BCUT2D eigenvalue weighted by molar-refractivity contribution is 5.93. The van der Waals surface area contributed by atoms with Crippen molar-refractivity contribution in [2.45, 2.75) is 40.2 Å². The van der Waals surface area contributed by atoms with Crippen LogP contribution in [-0.2, 0) is 17.8 Å². The number of nitrogens with one attached hydrogen (secondary N) is 1. The van der Waals surface area contributed by atoms with Gasteiger partial charge in [-0.1, -0.05) is 42.0 Å². The van der Waals surface area contributed by atoms with E-state index >= 15 is 0 Å². The Morgan fingerprint density at radius 3 is 2.43 bits per heavy atom. The predicted octanol–water partition coefficient (Wildman–Crippen LogP) is 4.43. The van der Waals surface area contributed by atoms with Gasteiger partial charge in [0.2, 0.25) is 5.91 Å². The molecular formula is C22H27ClN4O. The van der Waals surface area contributed by atoms with Gasteiger partial charge in [-0.3, -0.25) is 9.48 Å². The highest BCUT2D eigenvalue weighted by atomic mass is 35.5. The number of hydrogen-bond acceptors (Lipinski definition) is 3. The normalized spacial score (nSPS) is 10.4. The van der Waals surface area contributed by atoms with Crippen molar-refractivity contribution in [2.75, 3.05) is 11.1 Å². The van der Waals surface area contributed by atoms with E-state index in [4.69, 9.17) is 5.73 Å². The Kier molecular flexibility index (Phi) is 7.24. The number of carbonyl (C=O) groups is 1. The van der Waals surface area contributed by atoms with Crippen LogP contribution in [0, 0.1) is 20.8 Å². The van der Waals surface area contributed by atoms with Gasteiger partial charge in [0.15, 0.2) is 0 Å². The molecule has 1 aromatic heterocycles. The summed E-state index contributed by atoms with van der Waals surface area (Å²) in [7, 11) is 0. The van der Waals surface area contributed by atoms with E-state index in [1.807, 2.05) is 29.8 Å². The Hall–Kier alpha value is -2.79. The Morgan fingerprint density at radius 1 is 1.07 bits per heavy atom. The number of anilines is 2. The topological polar surface area (TPSA) is 72.9 Å². The van der Waals surface area contributed by atoms with Crippen molar-refractivity contribution in [1.82, 2.24) is 9.78 Å². The molecule has 0 atom stereocenters. The molecule has 5 nitrogen and oxygen atoms in total. The summed E-state index contributed by atoms with van der Waals surface area (Å²) in [5, 5.41) is 7.55. The molecule has 0 saturated heterocycles. The van der Waals surface area contributed by atoms with Gasteiger partial charge in [-0.05, 0) is 50.5 Å². The Morgan fingerprint density at radius 2 is 1.75 bits per heavy atom. The number of hydrogen-bond donors (Lipinski definition) is 2. The van der Waals surface area contributed by atoms with Crippen LogP contribution in [-0.4, -0.2) is 15.7 Å². The summed E-state index contributed by atoms with van der Waals surface area (Å²) in [6.07, 6.45) is 1.05. The summed E-state index contributed by atoms with van der Waals surface area (Å²) >= 11 is 0. The van der Waals surface area contributed by atoms with Gasteiger partial charge >= 0.3 is 0 Å². The van der Waals surface area contributed by atoms with Gasteiger partial charge in [-0.15, -0.1) is 12.4 Å². The zero-order chi connectivity index (χ0) is 19.4. The molecule has 3 rings (SSSR count). The van der Waals surface area contributed by atoms with Crippen LogP contribution in [0.15, 0.2) is 48.5 Å². The summed E-state index contributed by atoms with van der Waals surface area (Å²) in [6.45, 7) is 6.89. The number of aromatic nitrogens is 2. The lowest BCUT2D eigenvalue weighted by atomic mass is 10.1. The lowest BCUT2D eigenvalue weighted by molar-refractivity contribution is -0.116. The second-order valence-corrected chi connectivity index (χ2v) is 6.93. The smallest absolute Gasteiger partial charge is 0.224 e. The third kappa shape index (κ3) is 5.14.